The van der Waals surface area contributed by atoms with Gasteiger partial charge in [0.05, 0.1) is 12.0 Å². The van der Waals surface area contributed by atoms with Crippen LogP contribution in [0, 0.1) is 0 Å². The van der Waals surface area contributed by atoms with Crippen LogP contribution in [0.3, 0.4) is 0 Å². The van der Waals surface area contributed by atoms with Crippen LogP contribution >= 0.6 is 15.9 Å². The van der Waals surface area contributed by atoms with Gasteiger partial charge < -0.3 is 4.74 Å². The summed E-state index contributed by atoms with van der Waals surface area (Å²) in [5.41, 5.74) is 1.15. The van der Waals surface area contributed by atoms with E-state index in [9.17, 15) is 8.42 Å². The van der Waals surface area contributed by atoms with Crippen LogP contribution in [0.4, 0.5) is 0 Å². The number of rotatable bonds is 5. The summed E-state index contributed by atoms with van der Waals surface area (Å²) in [4.78, 5) is 2.61. The van der Waals surface area contributed by atoms with E-state index in [0.29, 0.717) is 35.5 Å². The van der Waals surface area contributed by atoms with Gasteiger partial charge >= 0.3 is 0 Å². The smallest absolute Gasteiger partial charge is 0.244 e. The molecule has 0 bridgehead atoms. The number of piperazine rings is 1. The van der Waals surface area contributed by atoms with Crippen molar-refractivity contribution >= 4 is 36.7 Å². The van der Waals surface area contributed by atoms with Crippen molar-refractivity contribution in [1.82, 2.24) is 9.21 Å². The first-order valence-corrected chi connectivity index (χ1v) is 11.8. The molecule has 1 heterocycles. The zero-order valence-corrected chi connectivity index (χ0v) is 18.6. The second-order valence-corrected chi connectivity index (χ2v) is 9.84. The Hall–Kier alpha value is -1.93. The van der Waals surface area contributed by atoms with E-state index in [1.807, 2.05) is 24.3 Å². The van der Waals surface area contributed by atoms with E-state index in [0.717, 1.165) is 17.9 Å². The van der Waals surface area contributed by atoms with Crippen molar-refractivity contribution in [2.45, 2.75) is 11.4 Å². The van der Waals surface area contributed by atoms with Crippen LogP contribution in [-0.2, 0) is 16.6 Å². The Bertz CT molecular complexity index is 1130. The Morgan fingerprint density at radius 1 is 0.931 bits per heavy atom. The van der Waals surface area contributed by atoms with Gasteiger partial charge in [-0.25, -0.2) is 8.42 Å². The van der Waals surface area contributed by atoms with Crippen LogP contribution in [0.5, 0.6) is 5.75 Å². The van der Waals surface area contributed by atoms with Crippen molar-refractivity contribution in [3.63, 3.8) is 0 Å². The maximum absolute atomic E-state index is 13.0. The number of ether oxygens (including phenoxy) is 1. The van der Waals surface area contributed by atoms with E-state index in [4.69, 9.17) is 4.74 Å². The lowest BCUT2D eigenvalue weighted by molar-refractivity contribution is 0.180. The van der Waals surface area contributed by atoms with Crippen LogP contribution in [0.25, 0.3) is 10.8 Å². The molecular weight excluding hydrogens is 452 g/mol. The molecule has 4 rings (SSSR count). The first-order chi connectivity index (χ1) is 14.0. The molecule has 0 unspecified atom stereocenters. The van der Waals surface area contributed by atoms with Gasteiger partial charge in [-0.15, -0.1) is 0 Å². The number of sulfonamides is 1. The van der Waals surface area contributed by atoms with Gasteiger partial charge in [0, 0.05) is 42.8 Å². The largest absolute Gasteiger partial charge is 0.496 e. The van der Waals surface area contributed by atoms with Crippen molar-refractivity contribution in [3.05, 3.63) is 70.7 Å². The third-order valence-corrected chi connectivity index (χ3v) is 8.30. The average molecular weight is 475 g/mol. The summed E-state index contributed by atoms with van der Waals surface area (Å²) in [5, 5.41) is 2.36. The highest BCUT2D eigenvalue weighted by Crippen LogP contribution is 2.30. The van der Waals surface area contributed by atoms with Gasteiger partial charge in [0.15, 0.2) is 0 Å². The number of benzene rings is 3. The van der Waals surface area contributed by atoms with E-state index in [1.54, 1.807) is 29.6 Å². The summed E-state index contributed by atoms with van der Waals surface area (Å²) in [6.45, 7) is 3.02. The second kappa shape index (κ2) is 8.44. The second-order valence-electron chi connectivity index (χ2n) is 7.08. The molecule has 3 aromatic carbocycles. The van der Waals surface area contributed by atoms with Crippen LogP contribution < -0.4 is 4.74 Å². The monoisotopic (exact) mass is 474 g/mol. The molecule has 152 valence electrons. The minimum absolute atomic E-state index is 0.323. The first-order valence-electron chi connectivity index (χ1n) is 9.52. The van der Waals surface area contributed by atoms with Crippen LogP contribution in [0.15, 0.2) is 70.0 Å². The molecule has 1 saturated heterocycles. The maximum atomic E-state index is 13.0. The predicted octanol–water partition coefficient (Wildman–Crippen LogP) is 4.12. The maximum Gasteiger partial charge on any atom is 0.244 e. The van der Waals surface area contributed by atoms with Gasteiger partial charge in [0.2, 0.25) is 10.0 Å². The molecule has 1 fully saturated rings. The summed E-state index contributed by atoms with van der Waals surface area (Å²) in [6.07, 6.45) is 0. The highest BCUT2D eigenvalue weighted by atomic mass is 79.9. The standard InChI is InChI=1S/C22H23BrN2O3S/c1-28-21-11-10-17-6-2-3-7-18(17)19(21)16-24-12-14-25(15-13-24)29(26,27)22-9-5-4-8-20(22)23/h2-11H,12-16H2,1H3. The molecule has 5 nitrogen and oxygen atoms in total. The molecule has 0 atom stereocenters. The van der Waals surface area contributed by atoms with Crippen molar-refractivity contribution in [1.29, 1.82) is 0 Å². The number of methoxy groups -OCH3 is 1. The lowest BCUT2D eigenvalue weighted by Crippen LogP contribution is -2.48. The summed E-state index contributed by atoms with van der Waals surface area (Å²) < 4.78 is 33.8. The van der Waals surface area contributed by atoms with Gasteiger partial charge in [-0.2, -0.15) is 4.31 Å². The Balaban J connectivity index is 1.52. The quantitative estimate of drug-likeness (QED) is 0.557. The van der Waals surface area contributed by atoms with Gasteiger partial charge in [-0.05, 0) is 44.9 Å². The van der Waals surface area contributed by atoms with Crippen molar-refractivity contribution in [2.75, 3.05) is 33.3 Å². The molecule has 1 aliphatic heterocycles. The zero-order valence-electron chi connectivity index (χ0n) is 16.2. The Morgan fingerprint density at radius 3 is 2.34 bits per heavy atom. The van der Waals surface area contributed by atoms with Crippen LogP contribution in [0.2, 0.25) is 0 Å². The summed E-state index contributed by atoms with van der Waals surface area (Å²) >= 11 is 3.36. The average Bonchev–Trinajstić information content (AvgIpc) is 2.74. The number of fused-ring (bicyclic) bond motifs is 1. The summed E-state index contributed by atoms with van der Waals surface area (Å²) in [6, 6.07) is 19.3. The number of hydrogen-bond acceptors (Lipinski definition) is 4. The molecule has 3 aromatic rings. The van der Waals surface area contributed by atoms with Gasteiger partial charge in [0.1, 0.15) is 5.75 Å². The molecule has 0 aliphatic carbocycles. The normalized spacial score (nSPS) is 16.2. The fourth-order valence-corrected chi connectivity index (χ4v) is 6.20. The fraction of sp³-hybridized carbons (Fsp3) is 0.273. The number of nitrogens with zero attached hydrogens (tertiary/aromatic N) is 2. The van der Waals surface area contributed by atoms with E-state index in [1.165, 1.54) is 10.8 Å². The van der Waals surface area contributed by atoms with E-state index in [2.05, 4.69) is 39.0 Å². The third kappa shape index (κ3) is 4.05. The fourth-order valence-electron chi connectivity index (χ4n) is 3.81. The van der Waals surface area contributed by atoms with Gasteiger partial charge in [-0.3, -0.25) is 4.90 Å². The molecule has 1 aliphatic rings. The predicted molar refractivity (Wildman–Crippen MR) is 119 cm³/mol. The molecule has 0 aromatic heterocycles. The molecule has 0 radical (unpaired) electrons. The number of halogens is 1. The molecular formula is C22H23BrN2O3S. The highest BCUT2D eigenvalue weighted by Gasteiger charge is 2.30. The van der Waals surface area contributed by atoms with Crippen molar-refractivity contribution in [2.24, 2.45) is 0 Å². The third-order valence-electron chi connectivity index (χ3n) is 5.38. The lowest BCUT2D eigenvalue weighted by atomic mass is 10.0. The van der Waals surface area contributed by atoms with Crippen molar-refractivity contribution in [3.8, 4) is 5.75 Å². The Morgan fingerprint density at radius 2 is 1.62 bits per heavy atom. The topological polar surface area (TPSA) is 49.9 Å². The summed E-state index contributed by atoms with van der Waals surface area (Å²) in [5.74, 6) is 0.868. The minimum atomic E-state index is -3.50. The van der Waals surface area contributed by atoms with E-state index >= 15 is 0 Å². The zero-order chi connectivity index (χ0) is 20.4. The Kier molecular flexibility index (Phi) is 5.92. The van der Waals surface area contributed by atoms with Crippen molar-refractivity contribution < 1.29 is 13.2 Å². The first kappa shape index (κ1) is 20.3. The van der Waals surface area contributed by atoms with Gasteiger partial charge in [-0.1, -0.05) is 42.5 Å². The van der Waals surface area contributed by atoms with Crippen LogP contribution in [-0.4, -0.2) is 50.9 Å². The molecule has 0 N–H and O–H groups in total. The molecule has 7 heteroatoms. The van der Waals surface area contributed by atoms with E-state index < -0.39 is 10.0 Å². The van der Waals surface area contributed by atoms with Crippen LogP contribution in [0.1, 0.15) is 5.56 Å². The highest BCUT2D eigenvalue weighted by molar-refractivity contribution is 9.10. The Labute approximate surface area is 180 Å². The SMILES string of the molecule is COc1ccc2ccccc2c1CN1CCN(S(=O)(=O)c2ccccc2Br)CC1. The lowest BCUT2D eigenvalue weighted by Gasteiger charge is -2.34. The number of hydrogen-bond donors (Lipinski definition) is 0. The minimum Gasteiger partial charge on any atom is -0.496 e. The molecule has 0 amide bonds. The summed E-state index contributed by atoms with van der Waals surface area (Å²) in [7, 11) is -1.81. The molecule has 0 saturated carbocycles. The molecule has 29 heavy (non-hydrogen) atoms. The molecule has 0 spiro atoms. The van der Waals surface area contributed by atoms with Gasteiger partial charge in [0.25, 0.3) is 0 Å². The van der Waals surface area contributed by atoms with E-state index in [-0.39, 0.29) is 0 Å².